The smallest absolute Gasteiger partial charge is 0.277 e. The molecule has 0 unspecified atom stereocenters. The Morgan fingerprint density at radius 2 is 1.70 bits per heavy atom. The van der Waals surface area contributed by atoms with E-state index in [-0.39, 0.29) is 6.61 Å². The van der Waals surface area contributed by atoms with E-state index in [2.05, 4.69) is 10.5 Å². The second kappa shape index (κ2) is 9.89. The minimum atomic E-state index is -0.469. The fraction of sp³-hybridized carbons (Fsp3) is 0.222. The van der Waals surface area contributed by atoms with Crippen LogP contribution in [0.5, 0.6) is 23.0 Å². The third-order valence-corrected chi connectivity index (χ3v) is 3.92. The average Bonchev–Trinajstić information content (AvgIpc) is 2.67. The number of nitrogens with zero attached hydrogens (tertiary/aromatic N) is 1. The number of amides is 1. The van der Waals surface area contributed by atoms with Gasteiger partial charge in [0.05, 0.1) is 38.1 Å². The van der Waals surface area contributed by atoms with E-state index < -0.39 is 5.91 Å². The maximum atomic E-state index is 11.9. The van der Waals surface area contributed by atoms with Crippen molar-refractivity contribution in [2.24, 2.45) is 5.10 Å². The van der Waals surface area contributed by atoms with Crippen LogP contribution in [0.1, 0.15) is 5.56 Å². The molecule has 0 aliphatic rings. The number of hydrogen-bond acceptors (Lipinski definition) is 6. The van der Waals surface area contributed by atoms with Gasteiger partial charge in [0, 0.05) is 17.2 Å². The molecular formula is C18H18Cl2N2O5. The van der Waals surface area contributed by atoms with Crippen molar-refractivity contribution in [3.8, 4) is 23.0 Å². The first-order valence-electron chi connectivity index (χ1n) is 7.68. The fourth-order valence-corrected chi connectivity index (χ4v) is 2.56. The first-order valence-corrected chi connectivity index (χ1v) is 8.43. The van der Waals surface area contributed by atoms with Crippen LogP contribution in [0.15, 0.2) is 35.4 Å². The van der Waals surface area contributed by atoms with Crippen LogP contribution < -0.4 is 24.4 Å². The number of benzene rings is 2. The van der Waals surface area contributed by atoms with E-state index in [1.54, 1.807) is 24.3 Å². The summed E-state index contributed by atoms with van der Waals surface area (Å²) in [6, 6.07) is 8.07. The van der Waals surface area contributed by atoms with Crippen LogP contribution in [0.3, 0.4) is 0 Å². The highest BCUT2D eigenvalue weighted by molar-refractivity contribution is 6.35. The standard InChI is InChI=1S/C18H18Cl2N2O5/c1-24-12-7-16(25-2)13(17(8-12)26-3)9-21-22-18(23)10-27-15-5-4-11(19)6-14(15)20/h4-9H,10H2,1-3H3,(H,22,23)/b21-9-. The molecule has 1 amide bonds. The molecule has 0 heterocycles. The Morgan fingerprint density at radius 3 is 2.26 bits per heavy atom. The Kier molecular flexibility index (Phi) is 7.57. The highest BCUT2D eigenvalue weighted by atomic mass is 35.5. The molecule has 0 aliphatic carbocycles. The lowest BCUT2D eigenvalue weighted by molar-refractivity contribution is -0.123. The molecule has 7 nitrogen and oxygen atoms in total. The Hall–Kier alpha value is -2.64. The van der Waals surface area contributed by atoms with Crippen molar-refractivity contribution in [1.29, 1.82) is 0 Å². The second-order valence-electron chi connectivity index (χ2n) is 5.10. The van der Waals surface area contributed by atoms with Gasteiger partial charge >= 0.3 is 0 Å². The van der Waals surface area contributed by atoms with Crippen molar-refractivity contribution >= 4 is 35.3 Å². The van der Waals surface area contributed by atoms with Gasteiger partial charge in [-0.25, -0.2) is 5.43 Å². The van der Waals surface area contributed by atoms with E-state index in [0.717, 1.165) is 0 Å². The van der Waals surface area contributed by atoms with Gasteiger partial charge in [0.1, 0.15) is 23.0 Å². The van der Waals surface area contributed by atoms with Gasteiger partial charge in [0.15, 0.2) is 6.61 Å². The molecule has 2 aromatic rings. The maximum Gasteiger partial charge on any atom is 0.277 e. The highest BCUT2D eigenvalue weighted by Gasteiger charge is 2.12. The zero-order valence-corrected chi connectivity index (χ0v) is 16.4. The minimum absolute atomic E-state index is 0.268. The van der Waals surface area contributed by atoms with E-state index in [1.165, 1.54) is 33.6 Å². The molecular weight excluding hydrogens is 395 g/mol. The molecule has 0 saturated carbocycles. The zero-order chi connectivity index (χ0) is 19.8. The average molecular weight is 413 g/mol. The van der Waals surface area contributed by atoms with Gasteiger partial charge in [0.25, 0.3) is 5.91 Å². The largest absolute Gasteiger partial charge is 0.496 e. The lowest BCUT2D eigenvalue weighted by atomic mass is 10.2. The third kappa shape index (κ3) is 5.67. The normalized spacial score (nSPS) is 10.6. The summed E-state index contributed by atoms with van der Waals surface area (Å²) in [6.07, 6.45) is 1.41. The molecule has 0 atom stereocenters. The van der Waals surface area contributed by atoms with Gasteiger partial charge in [0.2, 0.25) is 0 Å². The number of ether oxygens (including phenoxy) is 4. The summed E-state index contributed by atoms with van der Waals surface area (Å²) >= 11 is 11.8. The number of methoxy groups -OCH3 is 3. The van der Waals surface area contributed by atoms with Gasteiger partial charge in [-0.3, -0.25) is 4.79 Å². The van der Waals surface area contributed by atoms with Crippen molar-refractivity contribution < 1.29 is 23.7 Å². The zero-order valence-electron chi connectivity index (χ0n) is 14.9. The molecule has 0 bridgehead atoms. The van der Waals surface area contributed by atoms with E-state index >= 15 is 0 Å². The van der Waals surface area contributed by atoms with Crippen LogP contribution in [0, 0.1) is 0 Å². The van der Waals surface area contributed by atoms with Crippen LogP contribution in [-0.4, -0.2) is 40.1 Å². The van der Waals surface area contributed by atoms with Gasteiger partial charge in [-0.1, -0.05) is 23.2 Å². The Balaban J connectivity index is 2.01. The first-order chi connectivity index (χ1) is 13.0. The number of hydrogen-bond donors (Lipinski definition) is 1. The maximum absolute atomic E-state index is 11.9. The summed E-state index contributed by atoms with van der Waals surface area (Å²) in [6.45, 7) is -0.268. The second-order valence-corrected chi connectivity index (χ2v) is 5.95. The van der Waals surface area contributed by atoms with Crippen molar-refractivity contribution in [3.63, 3.8) is 0 Å². The molecule has 1 N–H and O–H groups in total. The van der Waals surface area contributed by atoms with Gasteiger partial charge in [-0.15, -0.1) is 0 Å². The molecule has 2 rings (SSSR count). The summed E-state index contributed by atoms with van der Waals surface area (Å²) in [5.41, 5.74) is 2.90. The van der Waals surface area contributed by atoms with Crippen molar-refractivity contribution in [1.82, 2.24) is 5.43 Å². The van der Waals surface area contributed by atoms with Crippen LogP contribution >= 0.6 is 23.2 Å². The Bertz CT molecular complexity index is 817. The predicted molar refractivity (Wildman–Crippen MR) is 104 cm³/mol. The van der Waals surface area contributed by atoms with Crippen molar-refractivity contribution in [2.75, 3.05) is 27.9 Å². The lowest BCUT2D eigenvalue weighted by Crippen LogP contribution is -2.24. The third-order valence-electron chi connectivity index (χ3n) is 3.39. The van der Waals surface area contributed by atoms with Crippen LogP contribution in [0.4, 0.5) is 0 Å². The fourth-order valence-electron chi connectivity index (χ4n) is 2.10. The summed E-state index contributed by atoms with van der Waals surface area (Å²) in [7, 11) is 4.55. The minimum Gasteiger partial charge on any atom is -0.496 e. The molecule has 0 fully saturated rings. The van der Waals surface area contributed by atoms with Crippen molar-refractivity contribution in [3.05, 3.63) is 45.9 Å². The number of nitrogens with one attached hydrogen (secondary N) is 1. The molecule has 0 aliphatic heterocycles. The van der Waals surface area contributed by atoms with E-state index in [9.17, 15) is 4.79 Å². The topological polar surface area (TPSA) is 78.4 Å². The van der Waals surface area contributed by atoms with Gasteiger partial charge < -0.3 is 18.9 Å². The molecule has 2 aromatic carbocycles. The monoisotopic (exact) mass is 412 g/mol. The summed E-state index contributed by atoms with van der Waals surface area (Å²) in [4.78, 5) is 11.9. The number of carbonyl (C=O) groups excluding carboxylic acids is 1. The molecule has 27 heavy (non-hydrogen) atoms. The van der Waals surface area contributed by atoms with E-state index in [0.29, 0.717) is 38.6 Å². The van der Waals surface area contributed by atoms with E-state index in [1.807, 2.05) is 0 Å². The number of halogens is 2. The van der Waals surface area contributed by atoms with Gasteiger partial charge in [-0.05, 0) is 18.2 Å². The molecule has 0 radical (unpaired) electrons. The Morgan fingerprint density at radius 1 is 1.04 bits per heavy atom. The van der Waals surface area contributed by atoms with Crippen molar-refractivity contribution in [2.45, 2.75) is 0 Å². The predicted octanol–water partition coefficient (Wildman–Crippen LogP) is 3.55. The Labute approximate surface area is 166 Å². The van der Waals surface area contributed by atoms with Crippen LogP contribution in [0.25, 0.3) is 0 Å². The number of hydrazone groups is 1. The number of rotatable bonds is 8. The van der Waals surface area contributed by atoms with E-state index in [4.69, 9.17) is 42.1 Å². The molecule has 0 spiro atoms. The lowest BCUT2D eigenvalue weighted by Gasteiger charge is -2.12. The number of carbonyl (C=O) groups is 1. The van der Waals surface area contributed by atoms with Crippen LogP contribution in [-0.2, 0) is 4.79 Å². The summed E-state index contributed by atoms with van der Waals surface area (Å²) < 4.78 is 21.1. The van der Waals surface area contributed by atoms with Crippen LogP contribution in [0.2, 0.25) is 10.0 Å². The highest BCUT2D eigenvalue weighted by Crippen LogP contribution is 2.32. The molecule has 0 aromatic heterocycles. The first kappa shape index (κ1) is 20.7. The van der Waals surface area contributed by atoms with Gasteiger partial charge in [-0.2, -0.15) is 5.10 Å². The SMILES string of the molecule is COc1cc(OC)c(/C=N\NC(=O)COc2ccc(Cl)cc2Cl)c(OC)c1. The molecule has 9 heteroatoms. The molecule has 144 valence electrons. The summed E-state index contributed by atoms with van der Waals surface area (Å²) in [5, 5.41) is 4.69. The molecule has 0 saturated heterocycles. The quantitative estimate of drug-likeness (QED) is 0.529. The summed E-state index contributed by atoms with van der Waals surface area (Å²) in [5.74, 6) is 1.40.